The standard InChI is InChI=1S/C14H16F7P/c1-2-3-4-5-8-22(14(20,21)13(17,18)19)12-9-10(15)6-7-11(12)16/h6-7,9H,2-5,8H2,1H3/p+1. The van der Waals surface area contributed by atoms with Crippen LogP contribution in [0.4, 0.5) is 30.7 Å². The van der Waals surface area contributed by atoms with Gasteiger partial charge in [-0.2, -0.15) is 22.0 Å². The van der Waals surface area contributed by atoms with Crippen LogP contribution in [0.5, 0.6) is 0 Å². The van der Waals surface area contributed by atoms with Crippen LogP contribution in [0.2, 0.25) is 0 Å². The second-order valence-electron chi connectivity index (χ2n) is 4.99. The highest BCUT2D eigenvalue weighted by atomic mass is 31.1. The maximum Gasteiger partial charge on any atom is 0.493 e. The fourth-order valence-electron chi connectivity index (χ4n) is 2.09. The van der Waals surface area contributed by atoms with Gasteiger partial charge >= 0.3 is 11.8 Å². The van der Waals surface area contributed by atoms with Crippen molar-refractivity contribution < 1.29 is 30.7 Å². The van der Waals surface area contributed by atoms with Crippen molar-refractivity contribution in [2.45, 2.75) is 44.4 Å². The largest absolute Gasteiger partial charge is 0.493 e. The van der Waals surface area contributed by atoms with Crippen molar-refractivity contribution in [3.63, 3.8) is 0 Å². The topological polar surface area (TPSA) is 0 Å². The molecule has 0 saturated heterocycles. The van der Waals surface area contributed by atoms with Crippen LogP contribution in [-0.4, -0.2) is 18.0 Å². The molecule has 0 nitrogen and oxygen atoms in total. The van der Waals surface area contributed by atoms with Gasteiger partial charge in [-0.1, -0.05) is 19.8 Å². The Morgan fingerprint density at radius 2 is 1.59 bits per heavy atom. The van der Waals surface area contributed by atoms with Crippen LogP contribution in [0.1, 0.15) is 32.6 Å². The zero-order valence-corrected chi connectivity index (χ0v) is 12.9. The van der Waals surface area contributed by atoms with E-state index < -0.39 is 42.9 Å². The summed E-state index contributed by atoms with van der Waals surface area (Å²) in [5.41, 5.74) is -5.02. The fraction of sp³-hybridized carbons (Fsp3) is 0.571. The highest BCUT2D eigenvalue weighted by Crippen LogP contribution is 2.59. The van der Waals surface area contributed by atoms with Crippen molar-refractivity contribution >= 4 is 13.2 Å². The summed E-state index contributed by atoms with van der Waals surface area (Å²) in [6.07, 6.45) is -4.15. The minimum atomic E-state index is -5.77. The summed E-state index contributed by atoms with van der Waals surface area (Å²) in [6, 6.07) is 1.75. The average Bonchev–Trinajstić information content (AvgIpc) is 2.40. The molecule has 0 radical (unpaired) electrons. The van der Waals surface area contributed by atoms with Crippen LogP contribution in [-0.2, 0) is 0 Å². The molecule has 0 aliphatic carbocycles. The first kappa shape index (κ1) is 19.2. The van der Waals surface area contributed by atoms with Crippen molar-refractivity contribution in [3.8, 4) is 0 Å². The third-order valence-corrected chi connectivity index (χ3v) is 6.20. The molecular formula is C14H17F7P+. The Morgan fingerprint density at radius 1 is 0.955 bits per heavy atom. The molecule has 1 rings (SSSR count). The van der Waals surface area contributed by atoms with Crippen LogP contribution in [0, 0.1) is 11.6 Å². The van der Waals surface area contributed by atoms with Gasteiger partial charge in [-0.05, 0) is 25.0 Å². The van der Waals surface area contributed by atoms with E-state index >= 15 is 0 Å². The molecule has 1 aromatic carbocycles. The van der Waals surface area contributed by atoms with E-state index in [4.69, 9.17) is 0 Å². The lowest BCUT2D eigenvalue weighted by Gasteiger charge is -2.23. The van der Waals surface area contributed by atoms with Crippen LogP contribution in [0.25, 0.3) is 0 Å². The van der Waals surface area contributed by atoms with Gasteiger partial charge in [-0.15, -0.1) is 0 Å². The minimum Gasteiger partial charge on any atom is -0.207 e. The molecule has 22 heavy (non-hydrogen) atoms. The van der Waals surface area contributed by atoms with Crippen molar-refractivity contribution in [1.82, 2.24) is 0 Å². The summed E-state index contributed by atoms with van der Waals surface area (Å²) in [6.45, 7) is 1.86. The zero-order chi connectivity index (χ0) is 17.0. The lowest BCUT2D eigenvalue weighted by Crippen LogP contribution is -2.38. The number of halogens is 7. The first-order valence-electron chi connectivity index (χ1n) is 6.87. The molecule has 0 fully saturated rings. The first-order valence-corrected chi connectivity index (χ1v) is 8.58. The first-order chi connectivity index (χ1) is 10.1. The van der Waals surface area contributed by atoms with E-state index in [1.807, 2.05) is 6.92 Å². The summed E-state index contributed by atoms with van der Waals surface area (Å²) in [7, 11) is -3.66. The number of rotatable bonds is 7. The molecule has 0 saturated carbocycles. The maximum absolute atomic E-state index is 13.7. The number of hydrogen-bond acceptors (Lipinski definition) is 0. The van der Waals surface area contributed by atoms with Crippen molar-refractivity contribution in [2.75, 3.05) is 6.16 Å². The maximum atomic E-state index is 13.7. The Hall–Kier alpha value is -0.840. The lowest BCUT2D eigenvalue weighted by atomic mass is 10.2. The van der Waals surface area contributed by atoms with E-state index in [1.54, 1.807) is 0 Å². The molecule has 0 aliphatic heterocycles. The van der Waals surface area contributed by atoms with E-state index in [0.717, 1.165) is 6.42 Å². The van der Waals surface area contributed by atoms with E-state index in [0.29, 0.717) is 31.0 Å². The Kier molecular flexibility index (Phi) is 6.65. The highest BCUT2D eigenvalue weighted by Gasteiger charge is 2.69. The van der Waals surface area contributed by atoms with Gasteiger partial charge in [0, 0.05) is 6.07 Å². The summed E-state index contributed by atoms with van der Waals surface area (Å²) < 4.78 is 92.2. The molecule has 0 aromatic heterocycles. The molecule has 0 N–H and O–H groups in total. The third kappa shape index (κ3) is 4.58. The molecule has 0 aliphatic rings. The normalized spacial score (nSPS) is 14.2. The smallest absolute Gasteiger partial charge is 0.207 e. The Bertz CT molecular complexity index is 485. The summed E-state index contributed by atoms with van der Waals surface area (Å²) >= 11 is 0. The molecule has 0 amide bonds. The van der Waals surface area contributed by atoms with E-state index in [2.05, 4.69) is 0 Å². The van der Waals surface area contributed by atoms with Gasteiger partial charge in [0.15, 0.2) is 5.82 Å². The minimum absolute atomic E-state index is 0.129. The molecular weight excluding hydrogens is 332 g/mol. The Morgan fingerprint density at radius 3 is 2.14 bits per heavy atom. The highest BCUT2D eigenvalue weighted by molar-refractivity contribution is 7.66. The van der Waals surface area contributed by atoms with Crippen LogP contribution >= 0.6 is 7.92 Å². The summed E-state index contributed by atoms with van der Waals surface area (Å²) in [4.78, 5) is 0. The summed E-state index contributed by atoms with van der Waals surface area (Å²) in [5.74, 6) is -2.24. The fourth-order valence-corrected chi connectivity index (χ4v) is 4.64. The van der Waals surface area contributed by atoms with E-state index in [9.17, 15) is 30.7 Å². The van der Waals surface area contributed by atoms with Crippen LogP contribution < -0.4 is 5.30 Å². The quantitative estimate of drug-likeness (QED) is 0.344. The molecule has 0 bridgehead atoms. The van der Waals surface area contributed by atoms with Gasteiger partial charge in [0.1, 0.15) is 19.0 Å². The molecule has 1 atom stereocenters. The molecule has 8 heteroatoms. The molecule has 0 heterocycles. The monoisotopic (exact) mass is 349 g/mol. The van der Waals surface area contributed by atoms with Gasteiger partial charge in [-0.25, -0.2) is 8.78 Å². The number of unbranched alkanes of at least 4 members (excludes halogenated alkanes) is 3. The van der Waals surface area contributed by atoms with Crippen molar-refractivity contribution in [1.29, 1.82) is 0 Å². The number of alkyl halides is 5. The van der Waals surface area contributed by atoms with Gasteiger partial charge in [-0.3, -0.25) is 0 Å². The van der Waals surface area contributed by atoms with Gasteiger partial charge in [0.25, 0.3) is 0 Å². The SMILES string of the molecule is CCCCCC[PH+](c1cc(F)ccc1F)C(F)(F)C(F)(F)F. The van der Waals surface area contributed by atoms with Crippen molar-refractivity contribution in [2.24, 2.45) is 0 Å². The van der Waals surface area contributed by atoms with E-state index in [1.165, 1.54) is 0 Å². The zero-order valence-electron chi connectivity index (χ0n) is 11.9. The Labute approximate surface area is 125 Å². The molecule has 126 valence electrons. The van der Waals surface area contributed by atoms with Gasteiger partial charge in [0.05, 0.1) is 6.16 Å². The molecule has 1 unspecified atom stereocenters. The van der Waals surface area contributed by atoms with Crippen LogP contribution in [0.15, 0.2) is 18.2 Å². The lowest BCUT2D eigenvalue weighted by molar-refractivity contribution is -0.240. The van der Waals surface area contributed by atoms with E-state index in [-0.39, 0.29) is 6.42 Å². The number of hydrogen-bond donors (Lipinski definition) is 0. The summed E-state index contributed by atoms with van der Waals surface area (Å²) in [5, 5.41) is -0.830. The number of benzene rings is 1. The molecule has 0 spiro atoms. The second-order valence-corrected chi connectivity index (χ2v) is 7.61. The molecule has 1 aromatic rings. The van der Waals surface area contributed by atoms with Crippen LogP contribution in [0.3, 0.4) is 0 Å². The average molecular weight is 349 g/mol. The Balaban J connectivity index is 3.13. The van der Waals surface area contributed by atoms with Gasteiger partial charge in [0.2, 0.25) is 0 Å². The van der Waals surface area contributed by atoms with Crippen molar-refractivity contribution in [3.05, 3.63) is 29.8 Å². The second kappa shape index (κ2) is 7.62. The third-order valence-electron chi connectivity index (χ3n) is 3.27. The predicted octanol–water partition coefficient (Wildman–Crippen LogP) is 5.54. The van der Waals surface area contributed by atoms with Gasteiger partial charge < -0.3 is 0 Å². The predicted molar refractivity (Wildman–Crippen MR) is 74.3 cm³/mol.